The molecule has 1 aliphatic carbocycles. The molecule has 2 aromatic rings. The Morgan fingerprint density at radius 1 is 1.03 bits per heavy atom. The van der Waals surface area contributed by atoms with Crippen LogP contribution in [-0.2, 0) is 22.6 Å². The first-order valence-electron chi connectivity index (χ1n) is 12.8. The second-order valence-corrected chi connectivity index (χ2v) is 9.41. The van der Waals surface area contributed by atoms with E-state index in [0.29, 0.717) is 37.3 Å². The minimum Gasteiger partial charge on any atom is -0.493 e. The van der Waals surface area contributed by atoms with Crippen LogP contribution in [0.3, 0.4) is 0 Å². The molecule has 0 spiro atoms. The Bertz CT molecular complexity index is 984. The Labute approximate surface area is 210 Å². The van der Waals surface area contributed by atoms with Crippen molar-refractivity contribution in [2.75, 3.05) is 14.2 Å². The lowest BCUT2D eigenvalue weighted by atomic mass is 9.95. The maximum Gasteiger partial charge on any atom is 0.243 e. The van der Waals surface area contributed by atoms with Crippen molar-refractivity contribution in [1.29, 1.82) is 0 Å². The molecule has 6 heteroatoms. The van der Waals surface area contributed by atoms with E-state index >= 15 is 0 Å². The van der Waals surface area contributed by atoms with Crippen molar-refractivity contribution < 1.29 is 19.1 Å². The second-order valence-electron chi connectivity index (χ2n) is 9.41. The van der Waals surface area contributed by atoms with Crippen molar-refractivity contribution in [2.45, 2.75) is 83.8 Å². The van der Waals surface area contributed by atoms with Crippen LogP contribution in [0.4, 0.5) is 0 Å². The average Bonchev–Trinajstić information content (AvgIpc) is 2.88. The average molecular weight is 481 g/mol. The van der Waals surface area contributed by atoms with Gasteiger partial charge in [-0.1, -0.05) is 56.5 Å². The molecule has 6 nitrogen and oxygen atoms in total. The van der Waals surface area contributed by atoms with Crippen LogP contribution in [0.2, 0.25) is 0 Å². The number of rotatable bonds is 11. The third-order valence-corrected chi connectivity index (χ3v) is 7.01. The van der Waals surface area contributed by atoms with Gasteiger partial charge in [-0.2, -0.15) is 0 Å². The predicted octanol–water partition coefficient (Wildman–Crippen LogP) is 5.20. The van der Waals surface area contributed by atoms with Crippen molar-refractivity contribution in [3.63, 3.8) is 0 Å². The monoisotopic (exact) mass is 480 g/mol. The van der Waals surface area contributed by atoms with Gasteiger partial charge in [0.15, 0.2) is 11.5 Å². The largest absolute Gasteiger partial charge is 0.493 e. The third kappa shape index (κ3) is 7.23. The zero-order valence-corrected chi connectivity index (χ0v) is 21.6. The summed E-state index contributed by atoms with van der Waals surface area (Å²) in [5.41, 5.74) is 3.18. The molecule has 1 N–H and O–H groups in total. The SMILES string of the molecule is CCC(C(=O)NC1CCCCC1)N(Cc1ccccc1C)C(=O)CCc1ccc(OC)c(OC)c1. The lowest BCUT2D eigenvalue weighted by molar-refractivity contribution is -0.141. The van der Waals surface area contributed by atoms with E-state index in [2.05, 4.69) is 5.32 Å². The van der Waals surface area contributed by atoms with Crippen LogP contribution >= 0.6 is 0 Å². The third-order valence-electron chi connectivity index (χ3n) is 7.01. The van der Waals surface area contributed by atoms with Gasteiger partial charge >= 0.3 is 0 Å². The number of benzene rings is 2. The summed E-state index contributed by atoms with van der Waals surface area (Å²) >= 11 is 0. The van der Waals surface area contributed by atoms with Gasteiger partial charge in [-0.25, -0.2) is 0 Å². The highest BCUT2D eigenvalue weighted by Gasteiger charge is 2.30. The Balaban J connectivity index is 1.77. The molecule has 1 unspecified atom stereocenters. The summed E-state index contributed by atoms with van der Waals surface area (Å²) in [7, 11) is 3.21. The molecule has 1 aliphatic rings. The van der Waals surface area contributed by atoms with Gasteiger partial charge in [0.2, 0.25) is 11.8 Å². The highest BCUT2D eigenvalue weighted by molar-refractivity contribution is 5.88. The van der Waals surface area contributed by atoms with Crippen LogP contribution in [0.25, 0.3) is 0 Å². The van der Waals surface area contributed by atoms with Crippen LogP contribution in [0.15, 0.2) is 42.5 Å². The maximum absolute atomic E-state index is 13.6. The van der Waals surface area contributed by atoms with E-state index in [1.807, 2.05) is 56.3 Å². The zero-order valence-electron chi connectivity index (χ0n) is 21.6. The van der Waals surface area contributed by atoms with Crippen molar-refractivity contribution in [3.8, 4) is 11.5 Å². The first-order chi connectivity index (χ1) is 17.0. The normalized spacial score (nSPS) is 14.7. The van der Waals surface area contributed by atoms with E-state index in [1.165, 1.54) is 6.42 Å². The molecule has 2 aromatic carbocycles. The summed E-state index contributed by atoms with van der Waals surface area (Å²) in [5.74, 6) is 1.25. The lowest BCUT2D eigenvalue weighted by Gasteiger charge is -2.33. The van der Waals surface area contributed by atoms with Crippen LogP contribution < -0.4 is 14.8 Å². The van der Waals surface area contributed by atoms with Crippen LogP contribution in [0.5, 0.6) is 11.5 Å². The van der Waals surface area contributed by atoms with E-state index in [9.17, 15) is 9.59 Å². The standard InChI is InChI=1S/C29H40N2O4/c1-5-25(29(33)30-24-13-7-6-8-14-24)31(20-23-12-10-9-11-21(23)2)28(32)18-16-22-15-17-26(34-3)27(19-22)35-4/h9-12,15,17,19,24-25H,5-8,13-14,16,18,20H2,1-4H3,(H,30,33). The molecule has 1 fully saturated rings. The molecule has 0 radical (unpaired) electrons. The fourth-order valence-corrected chi connectivity index (χ4v) is 4.87. The summed E-state index contributed by atoms with van der Waals surface area (Å²) in [4.78, 5) is 28.7. The molecule has 2 amide bonds. The van der Waals surface area contributed by atoms with Gasteiger partial charge in [-0.05, 0) is 61.4 Å². The van der Waals surface area contributed by atoms with Gasteiger partial charge in [-0.3, -0.25) is 9.59 Å². The van der Waals surface area contributed by atoms with Crippen molar-refractivity contribution in [1.82, 2.24) is 10.2 Å². The summed E-state index contributed by atoms with van der Waals surface area (Å²) in [6.45, 7) is 4.45. The molecule has 0 heterocycles. The van der Waals surface area contributed by atoms with Gasteiger partial charge in [0.05, 0.1) is 14.2 Å². The van der Waals surface area contributed by atoms with Gasteiger partial charge in [0.25, 0.3) is 0 Å². The number of aryl methyl sites for hydroxylation is 2. The number of amides is 2. The number of ether oxygens (including phenoxy) is 2. The molecule has 0 saturated heterocycles. The van der Waals surface area contributed by atoms with Gasteiger partial charge in [0.1, 0.15) is 6.04 Å². The fraction of sp³-hybridized carbons (Fsp3) is 0.517. The predicted molar refractivity (Wildman–Crippen MR) is 139 cm³/mol. The Morgan fingerprint density at radius 3 is 2.40 bits per heavy atom. The molecule has 0 aromatic heterocycles. The fourth-order valence-electron chi connectivity index (χ4n) is 4.87. The van der Waals surface area contributed by atoms with Gasteiger partial charge < -0.3 is 19.7 Å². The summed E-state index contributed by atoms with van der Waals surface area (Å²) in [5, 5.41) is 3.24. The Morgan fingerprint density at radius 2 is 1.74 bits per heavy atom. The second kappa shape index (κ2) is 13.2. The summed E-state index contributed by atoms with van der Waals surface area (Å²) < 4.78 is 10.7. The number of methoxy groups -OCH3 is 2. The van der Waals surface area contributed by atoms with E-state index in [4.69, 9.17) is 9.47 Å². The van der Waals surface area contributed by atoms with Crippen LogP contribution in [-0.4, -0.2) is 43.0 Å². The van der Waals surface area contributed by atoms with Crippen LogP contribution in [0, 0.1) is 6.92 Å². The van der Waals surface area contributed by atoms with E-state index in [0.717, 1.165) is 42.4 Å². The summed E-state index contributed by atoms with van der Waals surface area (Å²) in [6, 6.07) is 13.5. The highest BCUT2D eigenvalue weighted by Crippen LogP contribution is 2.28. The number of carbonyl (C=O) groups is 2. The van der Waals surface area contributed by atoms with E-state index in [-0.39, 0.29) is 17.9 Å². The number of nitrogens with one attached hydrogen (secondary N) is 1. The number of hydrogen-bond donors (Lipinski definition) is 1. The summed E-state index contributed by atoms with van der Waals surface area (Å²) in [6.07, 6.45) is 7.03. The Kier molecular flexibility index (Phi) is 10.0. The molecule has 3 rings (SSSR count). The first-order valence-corrected chi connectivity index (χ1v) is 12.8. The molecular weight excluding hydrogens is 440 g/mol. The minimum atomic E-state index is -0.491. The van der Waals surface area contributed by atoms with E-state index in [1.54, 1.807) is 19.1 Å². The maximum atomic E-state index is 13.6. The topological polar surface area (TPSA) is 67.9 Å². The quantitative estimate of drug-likeness (QED) is 0.480. The molecule has 35 heavy (non-hydrogen) atoms. The number of carbonyl (C=O) groups excluding carboxylic acids is 2. The van der Waals surface area contributed by atoms with E-state index < -0.39 is 6.04 Å². The van der Waals surface area contributed by atoms with Crippen LogP contribution in [0.1, 0.15) is 68.6 Å². The molecule has 0 aliphatic heterocycles. The minimum absolute atomic E-state index is 0.0197. The van der Waals surface area contributed by atoms with Crippen molar-refractivity contribution in [2.24, 2.45) is 0 Å². The lowest BCUT2D eigenvalue weighted by Crippen LogP contribution is -2.51. The number of nitrogens with zero attached hydrogens (tertiary/aromatic N) is 1. The smallest absolute Gasteiger partial charge is 0.243 e. The molecule has 1 atom stereocenters. The molecule has 0 bridgehead atoms. The first kappa shape index (κ1) is 26.6. The zero-order chi connectivity index (χ0) is 25.2. The van der Waals surface area contributed by atoms with Crippen molar-refractivity contribution >= 4 is 11.8 Å². The highest BCUT2D eigenvalue weighted by atomic mass is 16.5. The molecule has 1 saturated carbocycles. The Hall–Kier alpha value is -3.02. The van der Waals surface area contributed by atoms with Crippen molar-refractivity contribution in [3.05, 3.63) is 59.2 Å². The van der Waals surface area contributed by atoms with Gasteiger partial charge in [0, 0.05) is 19.0 Å². The van der Waals surface area contributed by atoms with Gasteiger partial charge in [-0.15, -0.1) is 0 Å². The molecular formula is C29H40N2O4. The number of hydrogen-bond acceptors (Lipinski definition) is 4. The molecule has 190 valence electrons.